The van der Waals surface area contributed by atoms with Crippen LogP contribution in [0.15, 0.2) is 59.8 Å². The molecule has 2 aromatic carbocycles. The molecule has 4 rings (SSSR count). The van der Waals surface area contributed by atoms with Crippen LogP contribution in [0.25, 0.3) is 0 Å². The Morgan fingerprint density at radius 3 is 2.61 bits per heavy atom. The van der Waals surface area contributed by atoms with Crippen LogP contribution in [0.3, 0.4) is 0 Å². The monoisotopic (exact) mass is 396 g/mol. The molecule has 0 bridgehead atoms. The van der Waals surface area contributed by atoms with Gasteiger partial charge in [0.1, 0.15) is 11.6 Å². The van der Waals surface area contributed by atoms with Crippen molar-refractivity contribution in [2.24, 2.45) is 0 Å². The third kappa shape index (κ3) is 4.25. The highest BCUT2D eigenvalue weighted by molar-refractivity contribution is 8.00. The number of carbonyl (C=O) groups is 1. The van der Waals surface area contributed by atoms with Gasteiger partial charge in [0.2, 0.25) is 5.91 Å². The van der Waals surface area contributed by atoms with Gasteiger partial charge in [-0.05, 0) is 37.5 Å². The number of para-hydroxylation sites is 1. The number of carbonyl (C=O) groups excluding carboxylic acids is 1. The van der Waals surface area contributed by atoms with Gasteiger partial charge in [-0.1, -0.05) is 54.2 Å². The van der Waals surface area contributed by atoms with E-state index in [2.05, 4.69) is 32.2 Å². The summed E-state index contributed by atoms with van der Waals surface area (Å²) >= 11 is 1.34. The fraction of sp³-hybridized carbons (Fsp3) is 0.286. The molecule has 5 nitrogen and oxygen atoms in total. The molecule has 144 valence electrons. The lowest BCUT2D eigenvalue weighted by atomic mass is 10.2. The van der Waals surface area contributed by atoms with Crippen LogP contribution in [0.1, 0.15) is 37.1 Å². The molecule has 1 N–H and O–H groups in total. The maximum atomic E-state index is 13.8. The van der Waals surface area contributed by atoms with Gasteiger partial charge in [-0.15, -0.1) is 10.2 Å². The average Bonchev–Trinajstić information content (AvgIpc) is 3.47. The third-order valence-electron chi connectivity index (χ3n) is 4.65. The molecule has 1 atom stereocenters. The van der Waals surface area contributed by atoms with E-state index in [1.165, 1.54) is 17.8 Å². The Morgan fingerprint density at radius 1 is 1.18 bits per heavy atom. The van der Waals surface area contributed by atoms with Crippen LogP contribution in [0.5, 0.6) is 0 Å². The van der Waals surface area contributed by atoms with E-state index in [0.29, 0.717) is 17.6 Å². The van der Waals surface area contributed by atoms with E-state index in [-0.39, 0.29) is 11.6 Å². The maximum absolute atomic E-state index is 13.8. The zero-order valence-electron chi connectivity index (χ0n) is 15.5. The summed E-state index contributed by atoms with van der Waals surface area (Å²) in [6.45, 7) is 2.46. The summed E-state index contributed by atoms with van der Waals surface area (Å²) in [6.07, 6.45) is 2.25. The van der Waals surface area contributed by atoms with Gasteiger partial charge in [-0.25, -0.2) is 4.39 Å². The minimum atomic E-state index is -0.448. The molecule has 0 radical (unpaired) electrons. The maximum Gasteiger partial charge on any atom is 0.237 e. The minimum Gasteiger partial charge on any atom is -0.323 e. The van der Waals surface area contributed by atoms with Crippen LogP contribution in [-0.2, 0) is 11.3 Å². The van der Waals surface area contributed by atoms with Crippen LogP contribution in [0.2, 0.25) is 0 Å². The smallest absolute Gasteiger partial charge is 0.237 e. The number of anilines is 1. The first-order valence-corrected chi connectivity index (χ1v) is 10.2. The number of nitrogens with one attached hydrogen (secondary N) is 1. The van der Waals surface area contributed by atoms with E-state index in [1.807, 2.05) is 18.2 Å². The second-order valence-corrected chi connectivity index (χ2v) is 8.22. The van der Waals surface area contributed by atoms with Gasteiger partial charge >= 0.3 is 0 Å². The number of amides is 1. The van der Waals surface area contributed by atoms with E-state index in [1.54, 1.807) is 25.1 Å². The van der Waals surface area contributed by atoms with Crippen molar-refractivity contribution in [2.45, 2.75) is 42.6 Å². The van der Waals surface area contributed by atoms with E-state index < -0.39 is 11.1 Å². The van der Waals surface area contributed by atoms with Crippen LogP contribution < -0.4 is 5.32 Å². The number of thioether (sulfide) groups is 1. The third-order valence-corrected chi connectivity index (χ3v) is 5.74. The van der Waals surface area contributed by atoms with Crippen molar-refractivity contribution in [2.75, 3.05) is 5.32 Å². The van der Waals surface area contributed by atoms with Gasteiger partial charge in [0, 0.05) is 5.92 Å². The fourth-order valence-corrected chi connectivity index (χ4v) is 3.81. The molecule has 28 heavy (non-hydrogen) atoms. The first kappa shape index (κ1) is 18.7. The average molecular weight is 396 g/mol. The predicted octanol–water partition coefficient (Wildman–Crippen LogP) is 4.46. The molecule has 1 fully saturated rings. The zero-order chi connectivity index (χ0) is 19.5. The second kappa shape index (κ2) is 8.14. The number of hydrogen-bond donors (Lipinski definition) is 1. The summed E-state index contributed by atoms with van der Waals surface area (Å²) in [6, 6.07) is 16.3. The summed E-state index contributed by atoms with van der Waals surface area (Å²) in [4.78, 5) is 12.5. The lowest BCUT2D eigenvalue weighted by Crippen LogP contribution is -2.23. The molecule has 1 amide bonds. The van der Waals surface area contributed by atoms with Gasteiger partial charge in [-0.2, -0.15) is 0 Å². The van der Waals surface area contributed by atoms with Crippen molar-refractivity contribution in [1.29, 1.82) is 0 Å². The van der Waals surface area contributed by atoms with E-state index >= 15 is 0 Å². The van der Waals surface area contributed by atoms with Crippen molar-refractivity contribution < 1.29 is 9.18 Å². The lowest BCUT2D eigenvalue weighted by Gasteiger charge is -2.14. The molecule has 0 saturated heterocycles. The first-order chi connectivity index (χ1) is 13.6. The number of aromatic nitrogens is 3. The summed E-state index contributed by atoms with van der Waals surface area (Å²) in [5.74, 6) is 0.717. The molecule has 1 aliphatic rings. The Kier molecular flexibility index (Phi) is 5.43. The number of nitrogens with zero attached hydrogens (tertiary/aromatic N) is 3. The summed E-state index contributed by atoms with van der Waals surface area (Å²) < 4.78 is 15.9. The predicted molar refractivity (Wildman–Crippen MR) is 108 cm³/mol. The molecule has 0 spiro atoms. The first-order valence-electron chi connectivity index (χ1n) is 9.31. The number of hydrogen-bond acceptors (Lipinski definition) is 4. The highest BCUT2D eigenvalue weighted by Crippen LogP contribution is 2.40. The van der Waals surface area contributed by atoms with Crippen molar-refractivity contribution in [3.8, 4) is 0 Å². The van der Waals surface area contributed by atoms with Crippen LogP contribution in [0.4, 0.5) is 10.1 Å². The molecule has 7 heteroatoms. The number of halogens is 1. The van der Waals surface area contributed by atoms with Crippen molar-refractivity contribution >= 4 is 23.4 Å². The highest BCUT2D eigenvalue weighted by atomic mass is 32.2. The Morgan fingerprint density at radius 2 is 1.89 bits per heavy atom. The molecule has 0 aliphatic heterocycles. The van der Waals surface area contributed by atoms with Crippen molar-refractivity contribution in [3.63, 3.8) is 0 Å². The molecule has 1 aliphatic carbocycles. The van der Waals surface area contributed by atoms with Crippen LogP contribution in [-0.4, -0.2) is 25.9 Å². The standard InChI is InChI=1S/C21H21FN4OS/c1-14(20(27)23-18-10-6-5-9-17(18)22)28-21-25-24-19(16-11-12-16)26(21)13-15-7-3-2-4-8-15/h2-10,14,16H,11-13H2,1H3,(H,23,27)/t14-/m1/s1. The normalized spacial score (nSPS) is 14.6. The van der Waals surface area contributed by atoms with E-state index in [4.69, 9.17) is 0 Å². The molecular formula is C21H21FN4OS. The van der Waals surface area contributed by atoms with Crippen molar-refractivity contribution in [3.05, 3.63) is 71.8 Å². The van der Waals surface area contributed by atoms with Gasteiger partial charge in [-0.3, -0.25) is 4.79 Å². The largest absolute Gasteiger partial charge is 0.323 e. The lowest BCUT2D eigenvalue weighted by molar-refractivity contribution is -0.115. The van der Waals surface area contributed by atoms with E-state index in [9.17, 15) is 9.18 Å². The van der Waals surface area contributed by atoms with Gasteiger partial charge in [0.05, 0.1) is 17.5 Å². The Labute approximate surface area is 167 Å². The SMILES string of the molecule is C[C@@H](Sc1nnc(C2CC2)n1Cc1ccccc1)C(=O)Nc1ccccc1F. The van der Waals surface area contributed by atoms with Crippen molar-refractivity contribution in [1.82, 2.24) is 14.8 Å². The fourth-order valence-electron chi connectivity index (χ4n) is 2.95. The van der Waals surface area contributed by atoms with Crippen LogP contribution >= 0.6 is 11.8 Å². The van der Waals surface area contributed by atoms with E-state index in [0.717, 1.165) is 24.2 Å². The topological polar surface area (TPSA) is 59.8 Å². The number of benzene rings is 2. The molecule has 1 saturated carbocycles. The molecule has 0 unspecified atom stereocenters. The molecule has 1 aromatic heterocycles. The zero-order valence-corrected chi connectivity index (χ0v) is 16.3. The molecule has 1 heterocycles. The summed E-state index contributed by atoms with van der Waals surface area (Å²) in [5, 5.41) is 11.6. The highest BCUT2D eigenvalue weighted by Gasteiger charge is 2.31. The van der Waals surface area contributed by atoms with Crippen LogP contribution in [0, 0.1) is 5.82 Å². The summed E-state index contributed by atoms with van der Waals surface area (Å²) in [7, 11) is 0. The Hall–Kier alpha value is -2.67. The van der Waals surface area contributed by atoms with Gasteiger partial charge in [0.25, 0.3) is 0 Å². The van der Waals surface area contributed by atoms with Gasteiger partial charge in [0.15, 0.2) is 5.16 Å². The minimum absolute atomic E-state index is 0.185. The second-order valence-electron chi connectivity index (χ2n) is 6.92. The Bertz CT molecular complexity index is 972. The molecule has 3 aromatic rings. The van der Waals surface area contributed by atoms with Gasteiger partial charge < -0.3 is 9.88 Å². The quantitative estimate of drug-likeness (QED) is 0.599. The Balaban J connectivity index is 1.51. The molecular weight excluding hydrogens is 375 g/mol. The number of rotatable bonds is 7. The summed E-state index contributed by atoms with van der Waals surface area (Å²) in [5.41, 5.74) is 1.35.